The molecule has 200 valence electrons. The number of unbranched alkanes of at least 4 members (excludes halogenated alkanes) is 4. The summed E-state index contributed by atoms with van der Waals surface area (Å²) >= 11 is 0. The van der Waals surface area contributed by atoms with E-state index in [9.17, 15) is 0 Å². The van der Waals surface area contributed by atoms with Crippen molar-refractivity contribution in [2.24, 2.45) is 0 Å². The molecule has 4 heteroatoms. The van der Waals surface area contributed by atoms with Gasteiger partial charge in [0, 0.05) is 0 Å². The van der Waals surface area contributed by atoms with Crippen molar-refractivity contribution in [2.75, 3.05) is 26.4 Å². The van der Waals surface area contributed by atoms with E-state index in [1.807, 2.05) is 0 Å². The summed E-state index contributed by atoms with van der Waals surface area (Å²) < 4.78 is 22.6. The molecule has 0 amide bonds. The lowest BCUT2D eigenvalue weighted by Crippen LogP contribution is -2.05. The molecule has 2 aromatic rings. The van der Waals surface area contributed by atoms with Gasteiger partial charge in [-0.3, -0.25) is 0 Å². The molecule has 3 aliphatic rings. The molecular weight excluding hydrogens is 460 g/mol. The molecule has 0 N–H and O–H groups in total. The van der Waals surface area contributed by atoms with Crippen molar-refractivity contribution >= 4 is 5.57 Å². The molecule has 2 fully saturated rings. The molecule has 5 rings (SSSR count). The summed E-state index contributed by atoms with van der Waals surface area (Å²) in [6, 6.07) is 15.5. The molecule has 2 saturated heterocycles. The van der Waals surface area contributed by atoms with Gasteiger partial charge in [-0.25, -0.2) is 0 Å². The second-order valence-corrected chi connectivity index (χ2v) is 11.1. The van der Waals surface area contributed by atoms with E-state index >= 15 is 0 Å². The molecule has 2 aromatic carbocycles. The molecular formula is C33H44O4. The summed E-state index contributed by atoms with van der Waals surface area (Å²) in [6.07, 6.45) is 16.6. The number of rotatable bonds is 16. The van der Waals surface area contributed by atoms with Crippen LogP contribution in [-0.4, -0.2) is 38.6 Å². The van der Waals surface area contributed by atoms with Gasteiger partial charge in [0.15, 0.2) is 0 Å². The van der Waals surface area contributed by atoms with Gasteiger partial charge in [-0.1, -0.05) is 37.1 Å². The van der Waals surface area contributed by atoms with Crippen molar-refractivity contribution in [1.29, 1.82) is 0 Å². The van der Waals surface area contributed by atoms with Crippen LogP contribution in [0.5, 0.6) is 11.5 Å². The fraction of sp³-hybridized carbons (Fsp3) is 0.576. The third kappa shape index (κ3) is 8.61. The fourth-order valence-corrected chi connectivity index (χ4v) is 5.39. The Morgan fingerprint density at radius 2 is 1.46 bits per heavy atom. The number of epoxide rings is 2. The third-order valence-electron chi connectivity index (χ3n) is 7.98. The lowest BCUT2D eigenvalue weighted by atomic mass is 9.82. The zero-order valence-corrected chi connectivity index (χ0v) is 22.6. The molecule has 1 aliphatic carbocycles. The van der Waals surface area contributed by atoms with Crippen LogP contribution in [0.2, 0.25) is 0 Å². The molecule has 0 aromatic heterocycles. The molecule has 0 radical (unpaired) electrons. The van der Waals surface area contributed by atoms with Crippen molar-refractivity contribution in [3.05, 3.63) is 65.2 Å². The van der Waals surface area contributed by atoms with Crippen LogP contribution in [0.15, 0.2) is 48.5 Å². The van der Waals surface area contributed by atoms with Gasteiger partial charge in [-0.05, 0) is 117 Å². The minimum Gasteiger partial charge on any atom is -0.494 e. The summed E-state index contributed by atoms with van der Waals surface area (Å²) in [5.74, 6) is 2.61. The van der Waals surface area contributed by atoms with Crippen LogP contribution in [-0.2, 0) is 9.47 Å². The van der Waals surface area contributed by atoms with Gasteiger partial charge in [0.05, 0.1) is 38.6 Å². The zero-order chi connectivity index (χ0) is 25.3. The normalized spacial score (nSPS) is 22.4. The standard InChI is InChI=1S/C33H44O4/c1-25-22-29(16-19-33(25)35-21-7-3-5-9-32-24-37-32)28-12-10-26(11-13-28)27-14-17-30(18-15-27)34-20-6-2-4-8-31-23-36-31/h12,14-19,22,26,31-32H,2-11,13,20-21,23-24H2,1H3. The minimum atomic E-state index is 0.553. The molecule has 2 heterocycles. The Morgan fingerprint density at radius 3 is 2.05 bits per heavy atom. The molecule has 4 nitrogen and oxygen atoms in total. The summed E-state index contributed by atoms with van der Waals surface area (Å²) in [5, 5.41) is 0. The van der Waals surface area contributed by atoms with Crippen molar-refractivity contribution < 1.29 is 18.9 Å². The van der Waals surface area contributed by atoms with Crippen LogP contribution < -0.4 is 9.47 Å². The Bertz CT molecular complexity index is 1000. The Kier molecular flexibility index (Phi) is 9.59. The third-order valence-corrected chi connectivity index (χ3v) is 7.98. The Morgan fingerprint density at radius 1 is 0.784 bits per heavy atom. The van der Waals surface area contributed by atoms with E-state index in [1.165, 1.54) is 67.2 Å². The molecule has 0 bridgehead atoms. The SMILES string of the molecule is Cc1cc(C2=CCC(c3ccc(OCCCCCC4CO4)cc3)CC2)ccc1OCCCCCC1CO1. The highest BCUT2D eigenvalue weighted by Crippen LogP contribution is 2.37. The molecule has 37 heavy (non-hydrogen) atoms. The second kappa shape index (κ2) is 13.5. The van der Waals surface area contributed by atoms with E-state index in [-0.39, 0.29) is 0 Å². The van der Waals surface area contributed by atoms with Gasteiger partial charge < -0.3 is 18.9 Å². The average Bonchev–Trinajstić information content (AvgIpc) is 3.86. The first-order valence-electron chi connectivity index (χ1n) is 14.6. The molecule has 3 atom stereocenters. The monoisotopic (exact) mass is 504 g/mol. The van der Waals surface area contributed by atoms with E-state index < -0.39 is 0 Å². The summed E-state index contributed by atoms with van der Waals surface area (Å²) in [4.78, 5) is 0. The Balaban J connectivity index is 1.02. The van der Waals surface area contributed by atoms with Gasteiger partial charge in [0.1, 0.15) is 11.5 Å². The van der Waals surface area contributed by atoms with E-state index in [0.29, 0.717) is 18.1 Å². The van der Waals surface area contributed by atoms with E-state index in [0.717, 1.165) is 63.6 Å². The van der Waals surface area contributed by atoms with Crippen LogP contribution in [0.4, 0.5) is 0 Å². The topological polar surface area (TPSA) is 43.5 Å². The van der Waals surface area contributed by atoms with Crippen molar-refractivity contribution in [1.82, 2.24) is 0 Å². The lowest BCUT2D eigenvalue weighted by Gasteiger charge is -2.23. The predicted molar refractivity (Wildman–Crippen MR) is 150 cm³/mol. The van der Waals surface area contributed by atoms with Crippen LogP contribution in [0.3, 0.4) is 0 Å². The number of ether oxygens (including phenoxy) is 4. The molecule has 0 spiro atoms. The zero-order valence-electron chi connectivity index (χ0n) is 22.6. The van der Waals surface area contributed by atoms with Crippen LogP contribution in [0.1, 0.15) is 93.2 Å². The predicted octanol–water partition coefficient (Wildman–Crippen LogP) is 8.02. The Hall–Kier alpha value is -2.30. The maximum absolute atomic E-state index is 6.07. The van der Waals surface area contributed by atoms with Gasteiger partial charge in [-0.15, -0.1) is 0 Å². The largest absolute Gasteiger partial charge is 0.494 e. The van der Waals surface area contributed by atoms with Gasteiger partial charge in [0.2, 0.25) is 0 Å². The average molecular weight is 505 g/mol. The maximum Gasteiger partial charge on any atom is 0.122 e. The number of hydrogen-bond donors (Lipinski definition) is 0. The van der Waals surface area contributed by atoms with E-state index in [4.69, 9.17) is 18.9 Å². The van der Waals surface area contributed by atoms with Crippen molar-refractivity contribution in [3.63, 3.8) is 0 Å². The Labute approximate surface area is 223 Å². The maximum atomic E-state index is 6.07. The summed E-state index contributed by atoms with van der Waals surface area (Å²) in [7, 11) is 0. The van der Waals surface area contributed by atoms with Gasteiger partial charge >= 0.3 is 0 Å². The quantitative estimate of drug-likeness (QED) is 0.171. The molecule has 2 aliphatic heterocycles. The first kappa shape index (κ1) is 26.3. The van der Waals surface area contributed by atoms with E-state index in [1.54, 1.807) is 0 Å². The number of aryl methyl sites for hydroxylation is 1. The lowest BCUT2D eigenvalue weighted by molar-refractivity contribution is 0.300. The number of benzene rings is 2. The first-order valence-corrected chi connectivity index (χ1v) is 14.6. The van der Waals surface area contributed by atoms with Gasteiger partial charge in [0.25, 0.3) is 0 Å². The fourth-order valence-electron chi connectivity index (χ4n) is 5.39. The van der Waals surface area contributed by atoms with Crippen molar-refractivity contribution in [3.8, 4) is 11.5 Å². The number of allylic oxidation sites excluding steroid dienone is 2. The second-order valence-electron chi connectivity index (χ2n) is 11.1. The molecule has 0 saturated carbocycles. The first-order chi connectivity index (χ1) is 18.2. The molecule has 3 unspecified atom stereocenters. The minimum absolute atomic E-state index is 0.553. The summed E-state index contributed by atoms with van der Waals surface area (Å²) in [5.41, 5.74) is 5.48. The van der Waals surface area contributed by atoms with E-state index in [2.05, 4.69) is 55.5 Å². The van der Waals surface area contributed by atoms with Gasteiger partial charge in [-0.2, -0.15) is 0 Å². The van der Waals surface area contributed by atoms with Crippen LogP contribution >= 0.6 is 0 Å². The smallest absolute Gasteiger partial charge is 0.122 e. The van der Waals surface area contributed by atoms with Crippen LogP contribution in [0, 0.1) is 6.92 Å². The highest BCUT2D eigenvalue weighted by Gasteiger charge is 2.22. The highest BCUT2D eigenvalue weighted by atomic mass is 16.6. The van der Waals surface area contributed by atoms with Crippen LogP contribution in [0.25, 0.3) is 5.57 Å². The summed E-state index contributed by atoms with van der Waals surface area (Å²) in [6.45, 7) is 5.72. The highest BCUT2D eigenvalue weighted by molar-refractivity contribution is 5.68. The van der Waals surface area contributed by atoms with Crippen molar-refractivity contribution in [2.45, 2.75) is 95.7 Å². The number of hydrogen-bond acceptors (Lipinski definition) is 4.